The van der Waals surface area contributed by atoms with Crippen LogP contribution in [0.15, 0.2) is 53.4 Å². The minimum atomic E-state index is -4.68. The Morgan fingerprint density at radius 2 is 1.83 bits per heavy atom. The van der Waals surface area contributed by atoms with Gasteiger partial charge in [-0.25, -0.2) is 17.9 Å². The van der Waals surface area contributed by atoms with E-state index in [1.165, 1.54) is 21.8 Å². The number of halogens is 3. The van der Waals surface area contributed by atoms with Crippen molar-refractivity contribution in [2.24, 2.45) is 0 Å². The number of hydrogen-bond donors (Lipinski definition) is 3. The zero-order valence-electron chi connectivity index (χ0n) is 15.4. The van der Waals surface area contributed by atoms with E-state index in [9.17, 15) is 31.2 Å². The molecular formula is C18H17F3N4O4S. The number of nitrogens with zero attached hydrogens (tertiary/aromatic N) is 1. The molecule has 1 heterocycles. The number of benzene rings is 2. The van der Waals surface area contributed by atoms with Crippen molar-refractivity contribution >= 4 is 33.3 Å². The van der Waals surface area contributed by atoms with Crippen molar-refractivity contribution in [1.82, 2.24) is 10.0 Å². The van der Waals surface area contributed by atoms with Crippen LogP contribution in [0.3, 0.4) is 0 Å². The lowest BCUT2D eigenvalue weighted by Crippen LogP contribution is -2.33. The van der Waals surface area contributed by atoms with Crippen molar-refractivity contribution in [2.45, 2.75) is 11.1 Å². The molecule has 1 fully saturated rings. The molecule has 0 aromatic heterocycles. The van der Waals surface area contributed by atoms with E-state index in [1.807, 2.05) is 0 Å². The third-order valence-electron chi connectivity index (χ3n) is 4.16. The van der Waals surface area contributed by atoms with Gasteiger partial charge in [-0.05, 0) is 42.5 Å². The number of anilines is 2. The van der Waals surface area contributed by atoms with Crippen LogP contribution in [0.25, 0.3) is 0 Å². The molecule has 1 aliphatic heterocycles. The minimum Gasteiger partial charge on any atom is -0.336 e. The minimum absolute atomic E-state index is 0.249. The first-order valence-corrected chi connectivity index (χ1v) is 10.2. The van der Waals surface area contributed by atoms with Crippen molar-refractivity contribution in [3.8, 4) is 0 Å². The second kappa shape index (κ2) is 8.32. The first-order chi connectivity index (χ1) is 14.0. The molecule has 0 atom stereocenters. The third kappa shape index (κ3) is 5.27. The van der Waals surface area contributed by atoms with Crippen LogP contribution in [0, 0.1) is 0 Å². The Kier molecular flexibility index (Phi) is 5.99. The van der Waals surface area contributed by atoms with Gasteiger partial charge in [0.25, 0.3) is 5.91 Å². The molecule has 12 heteroatoms. The van der Waals surface area contributed by atoms with Crippen LogP contribution >= 0.6 is 0 Å². The predicted molar refractivity (Wildman–Crippen MR) is 103 cm³/mol. The quantitative estimate of drug-likeness (QED) is 0.638. The Morgan fingerprint density at radius 3 is 2.43 bits per heavy atom. The average Bonchev–Trinajstić information content (AvgIpc) is 3.12. The first kappa shape index (κ1) is 21.6. The molecule has 1 aliphatic rings. The zero-order valence-corrected chi connectivity index (χ0v) is 16.2. The number of urea groups is 1. The van der Waals surface area contributed by atoms with Gasteiger partial charge in [0, 0.05) is 30.0 Å². The number of sulfonamides is 1. The van der Waals surface area contributed by atoms with Gasteiger partial charge in [0.05, 0.1) is 4.90 Å². The van der Waals surface area contributed by atoms with Crippen LogP contribution in [0.1, 0.15) is 10.4 Å². The Balaban J connectivity index is 1.68. The molecule has 0 bridgehead atoms. The molecule has 0 radical (unpaired) electrons. The summed E-state index contributed by atoms with van der Waals surface area (Å²) in [4.78, 5) is 25.4. The number of carbonyl (C=O) groups excluding carboxylic acids is 2. The Hall–Kier alpha value is -3.12. The zero-order chi connectivity index (χ0) is 21.9. The van der Waals surface area contributed by atoms with E-state index in [-0.39, 0.29) is 22.2 Å². The Labute approximate surface area is 170 Å². The highest BCUT2D eigenvalue weighted by Gasteiger charge is 2.30. The van der Waals surface area contributed by atoms with E-state index in [0.717, 1.165) is 12.1 Å². The topological polar surface area (TPSA) is 108 Å². The van der Waals surface area contributed by atoms with E-state index in [4.69, 9.17) is 0 Å². The highest BCUT2D eigenvalue weighted by molar-refractivity contribution is 7.89. The van der Waals surface area contributed by atoms with Gasteiger partial charge < -0.3 is 10.6 Å². The van der Waals surface area contributed by atoms with E-state index in [2.05, 4.69) is 10.6 Å². The lowest BCUT2D eigenvalue weighted by molar-refractivity contribution is -0.121. The van der Waals surface area contributed by atoms with Crippen molar-refractivity contribution in [3.63, 3.8) is 0 Å². The van der Waals surface area contributed by atoms with Crippen LogP contribution in [-0.4, -0.2) is 46.2 Å². The molecule has 0 spiro atoms. The maximum atomic E-state index is 12.5. The van der Waals surface area contributed by atoms with E-state index in [0.29, 0.717) is 18.8 Å². The predicted octanol–water partition coefficient (Wildman–Crippen LogP) is 2.31. The Bertz CT molecular complexity index is 1060. The van der Waals surface area contributed by atoms with E-state index in [1.54, 1.807) is 24.3 Å². The molecule has 3 rings (SSSR count). The van der Waals surface area contributed by atoms with Crippen molar-refractivity contribution in [2.75, 3.05) is 29.9 Å². The van der Waals surface area contributed by atoms with Crippen molar-refractivity contribution in [3.05, 3.63) is 54.1 Å². The summed E-state index contributed by atoms with van der Waals surface area (Å²) >= 11 is 0. The summed E-state index contributed by atoms with van der Waals surface area (Å²) in [5.41, 5.74) is 1.07. The fourth-order valence-electron chi connectivity index (χ4n) is 2.71. The van der Waals surface area contributed by atoms with Gasteiger partial charge in [0.2, 0.25) is 10.0 Å². The number of alkyl halides is 3. The maximum absolute atomic E-state index is 12.5. The van der Waals surface area contributed by atoms with E-state index < -0.39 is 28.7 Å². The molecule has 3 amide bonds. The molecule has 3 N–H and O–H groups in total. The van der Waals surface area contributed by atoms with Crippen LogP contribution in [0.4, 0.5) is 29.3 Å². The van der Waals surface area contributed by atoms with Gasteiger partial charge in [-0.3, -0.25) is 9.69 Å². The summed E-state index contributed by atoms with van der Waals surface area (Å²) in [5, 5.41) is 5.23. The van der Waals surface area contributed by atoms with E-state index >= 15 is 0 Å². The number of nitrogens with one attached hydrogen (secondary N) is 3. The first-order valence-electron chi connectivity index (χ1n) is 8.68. The van der Waals surface area contributed by atoms with Crippen LogP contribution in [0.2, 0.25) is 0 Å². The van der Waals surface area contributed by atoms with Gasteiger partial charge in [-0.15, -0.1) is 0 Å². The van der Waals surface area contributed by atoms with Crippen LogP contribution < -0.4 is 20.3 Å². The summed E-state index contributed by atoms with van der Waals surface area (Å²) in [6, 6.07) is 10.8. The number of carbonyl (C=O) groups is 2. The molecule has 30 heavy (non-hydrogen) atoms. The molecule has 0 unspecified atom stereocenters. The third-order valence-corrected chi connectivity index (χ3v) is 5.58. The van der Waals surface area contributed by atoms with Gasteiger partial charge in [-0.2, -0.15) is 13.2 Å². The average molecular weight is 442 g/mol. The van der Waals surface area contributed by atoms with Crippen LogP contribution in [0.5, 0.6) is 0 Å². The fourth-order valence-corrected chi connectivity index (χ4v) is 3.73. The molecule has 1 saturated heterocycles. The van der Waals surface area contributed by atoms with Crippen molar-refractivity contribution in [1.29, 1.82) is 0 Å². The second-order valence-electron chi connectivity index (χ2n) is 6.35. The normalized spacial score (nSPS) is 14.5. The molecule has 8 nitrogen and oxygen atoms in total. The summed E-state index contributed by atoms with van der Waals surface area (Å²) in [6.45, 7) is -0.705. The Morgan fingerprint density at radius 1 is 1.13 bits per heavy atom. The highest BCUT2D eigenvalue weighted by atomic mass is 32.2. The monoisotopic (exact) mass is 442 g/mol. The molecule has 2 aromatic rings. The van der Waals surface area contributed by atoms with Gasteiger partial charge in [0.15, 0.2) is 0 Å². The molecule has 160 valence electrons. The number of amides is 3. The van der Waals surface area contributed by atoms with Gasteiger partial charge in [-0.1, -0.05) is 6.07 Å². The number of hydrogen-bond acceptors (Lipinski definition) is 4. The standard InChI is InChI=1S/C18H17F3N4O4S/c19-18(20,21)11-23-30(28,29)15-6-4-13(5-7-15)24-16(26)12-2-1-3-14(10-12)25-9-8-22-17(25)27/h1-7,10,23H,8-9,11H2,(H,22,27)(H,24,26). The molecule has 0 saturated carbocycles. The summed E-state index contributed by atoms with van der Waals surface area (Å²) in [5.74, 6) is -0.498. The summed E-state index contributed by atoms with van der Waals surface area (Å²) in [6.07, 6.45) is -4.68. The molecule has 2 aromatic carbocycles. The highest BCUT2D eigenvalue weighted by Crippen LogP contribution is 2.20. The smallest absolute Gasteiger partial charge is 0.336 e. The number of rotatable bonds is 6. The lowest BCUT2D eigenvalue weighted by Gasteiger charge is -2.15. The molecule has 0 aliphatic carbocycles. The van der Waals surface area contributed by atoms with Gasteiger partial charge in [0.1, 0.15) is 6.54 Å². The second-order valence-corrected chi connectivity index (χ2v) is 8.12. The molecular weight excluding hydrogens is 425 g/mol. The van der Waals surface area contributed by atoms with Gasteiger partial charge >= 0.3 is 12.2 Å². The lowest BCUT2D eigenvalue weighted by atomic mass is 10.1. The summed E-state index contributed by atoms with van der Waals surface area (Å²) < 4.78 is 61.9. The fraction of sp³-hybridized carbons (Fsp3) is 0.222. The maximum Gasteiger partial charge on any atom is 0.402 e. The SMILES string of the molecule is O=C(Nc1ccc(S(=O)(=O)NCC(F)(F)F)cc1)c1cccc(N2CCNC2=O)c1. The van der Waals surface area contributed by atoms with Crippen molar-refractivity contribution < 1.29 is 31.2 Å². The largest absolute Gasteiger partial charge is 0.402 e. The summed E-state index contributed by atoms with van der Waals surface area (Å²) in [7, 11) is -4.34. The van der Waals surface area contributed by atoms with Crippen LogP contribution in [-0.2, 0) is 10.0 Å².